The van der Waals surface area contributed by atoms with Gasteiger partial charge in [-0.15, -0.1) is 0 Å². The van der Waals surface area contributed by atoms with Crippen molar-refractivity contribution in [2.75, 3.05) is 41.3 Å². The molecule has 0 unspecified atom stereocenters. The van der Waals surface area contributed by atoms with E-state index in [1.165, 1.54) is 37.7 Å². The van der Waals surface area contributed by atoms with Crippen LogP contribution in [0.15, 0.2) is 30.6 Å². The van der Waals surface area contributed by atoms with Gasteiger partial charge < -0.3 is 15.1 Å². The summed E-state index contributed by atoms with van der Waals surface area (Å²) in [6.45, 7) is 5.14. The highest BCUT2D eigenvalue weighted by Gasteiger charge is 2.14. The van der Waals surface area contributed by atoms with Crippen LogP contribution < -0.4 is 15.1 Å². The number of nitrogens with zero attached hydrogens (tertiary/aromatic N) is 5. The van der Waals surface area contributed by atoms with E-state index in [-0.39, 0.29) is 0 Å². The molecule has 2 aliphatic rings. The fourth-order valence-electron chi connectivity index (χ4n) is 3.60. The summed E-state index contributed by atoms with van der Waals surface area (Å²) in [5, 5.41) is 3.36. The number of anilines is 3. The number of piperidine rings is 1. The van der Waals surface area contributed by atoms with Gasteiger partial charge in [0, 0.05) is 45.1 Å². The van der Waals surface area contributed by atoms with Gasteiger partial charge in [0.25, 0.3) is 0 Å². The standard InChI is InChI=1S/C19H26N6/c1-2-10-25(11-3-1)18-14-16(6-8-20-18)15-22-19-21-9-7-17(23-19)24-12-4-5-13-24/h6-9,14H,1-5,10-13,15H2,(H,21,22,23). The number of hydrogen-bond donors (Lipinski definition) is 1. The van der Waals surface area contributed by atoms with Crippen molar-refractivity contribution >= 4 is 17.6 Å². The third-order valence-corrected chi connectivity index (χ3v) is 5.01. The normalized spacial score (nSPS) is 17.8. The largest absolute Gasteiger partial charge is 0.357 e. The Morgan fingerprint density at radius 1 is 0.800 bits per heavy atom. The lowest BCUT2D eigenvalue weighted by Crippen LogP contribution is -2.30. The minimum absolute atomic E-state index is 0.695. The number of pyridine rings is 1. The summed E-state index contributed by atoms with van der Waals surface area (Å²) in [4.78, 5) is 18.3. The van der Waals surface area contributed by atoms with Gasteiger partial charge in [-0.2, -0.15) is 4.98 Å². The lowest BCUT2D eigenvalue weighted by molar-refractivity contribution is 0.573. The molecule has 0 spiro atoms. The van der Waals surface area contributed by atoms with Crippen LogP contribution in [0.3, 0.4) is 0 Å². The van der Waals surface area contributed by atoms with Crippen molar-refractivity contribution in [1.29, 1.82) is 0 Å². The summed E-state index contributed by atoms with van der Waals surface area (Å²) in [7, 11) is 0. The predicted molar refractivity (Wildman–Crippen MR) is 101 cm³/mol. The summed E-state index contributed by atoms with van der Waals surface area (Å²) < 4.78 is 0. The maximum atomic E-state index is 4.66. The van der Waals surface area contributed by atoms with Crippen LogP contribution in [-0.2, 0) is 6.54 Å². The highest BCUT2D eigenvalue weighted by molar-refractivity contribution is 5.45. The molecule has 25 heavy (non-hydrogen) atoms. The fourth-order valence-corrected chi connectivity index (χ4v) is 3.60. The number of hydrogen-bond acceptors (Lipinski definition) is 6. The van der Waals surface area contributed by atoms with Crippen LogP contribution in [0.1, 0.15) is 37.7 Å². The van der Waals surface area contributed by atoms with Gasteiger partial charge in [-0.3, -0.25) is 0 Å². The monoisotopic (exact) mass is 338 g/mol. The lowest BCUT2D eigenvalue weighted by atomic mass is 10.1. The third kappa shape index (κ3) is 4.00. The van der Waals surface area contributed by atoms with Crippen molar-refractivity contribution < 1.29 is 0 Å². The van der Waals surface area contributed by atoms with Gasteiger partial charge in [0.05, 0.1) is 0 Å². The molecule has 2 saturated heterocycles. The van der Waals surface area contributed by atoms with Crippen LogP contribution >= 0.6 is 0 Å². The Kier molecular flexibility index (Phi) is 4.95. The predicted octanol–water partition coefficient (Wildman–Crippen LogP) is 3.07. The highest BCUT2D eigenvalue weighted by atomic mass is 15.2. The molecule has 4 rings (SSSR count). The molecule has 0 aliphatic carbocycles. The topological polar surface area (TPSA) is 57.2 Å². The minimum Gasteiger partial charge on any atom is -0.357 e. The van der Waals surface area contributed by atoms with Gasteiger partial charge in [0.2, 0.25) is 5.95 Å². The van der Waals surface area contributed by atoms with Crippen molar-refractivity contribution in [2.24, 2.45) is 0 Å². The SMILES string of the molecule is c1cc(CNc2nccc(N3CCCC3)n2)cc(N2CCCCC2)n1. The zero-order valence-corrected chi connectivity index (χ0v) is 14.7. The van der Waals surface area contributed by atoms with Crippen LogP contribution in [0.4, 0.5) is 17.6 Å². The molecule has 2 aliphatic heterocycles. The van der Waals surface area contributed by atoms with E-state index in [0.29, 0.717) is 12.5 Å². The zero-order chi connectivity index (χ0) is 16.9. The molecule has 0 radical (unpaired) electrons. The summed E-state index contributed by atoms with van der Waals surface area (Å²) >= 11 is 0. The second kappa shape index (κ2) is 7.68. The summed E-state index contributed by atoms with van der Waals surface area (Å²) in [6, 6.07) is 6.24. The van der Waals surface area contributed by atoms with E-state index in [1.807, 2.05) is 18.5 Å². The van der Waals surface area contributed by atoms with E-state index in [0.717, 1.165) is 37.8 Å². The van der Waals surface area contributed by atoms with Crippen LogP contribution in [0.2, 0.25) is 0 Å². The molecular weight excluding hydrogens is 312 g/mol. The molecule has 2 fully saturated rings. The Balaban J connectivity index is 1.40. The number of nitrogens with one attached hydrogen (secondary N) is 1. The van der Waals surface area contributed by atoms with Crippen molar-refractivity contribution in [1.82, 2.24) is 15.0 Å². The molecule has 6 nitrogen and oxygen atoms in total. The van der Waals surface area contributed by atoms with E-state index in [2.05, 4.69) is 42.2 Å². The Hall–Kier alpha value is -2.37. The summed E-state index contributed by atoms with van der Waals surface area (Å²) in [6.07, 6.45) is 10.1. The second-order valence-corrected chi connectivity index (χ2v) is 6.86. The summed E-state index contributed by atoms with van der Waals surface area (Å²) in [5.74, 6) is 2.81. The molecule has 4 heterocycles. The smallest absolute Gasteiger partial charge is 0.224 e. The maximum absolute atomic E-state index is 4.66. The molecule has 0 atom stereocenters. The quantitative estimate of drug-likeness (QED) is 0.904. The molecule has 2 aromatic rings. The average molecular weight is 338 g/mol. The van der Waals surface area contributed by atoms with E-state index in [1.54, 1.807) is 0 Å². The Morgan fingerprint density at radius 3 is 2.28 bits per heavy atom. The maximum Gasteiger partial charge on any atom is 0.224 e. The van der Waals surface area contributed by atoms with E-state index in [9.17, 15) is 0 Å². The average Bonchev–Trinajstić information content (AvgIpc) is 3.23. The van der Waals surface area contributed by atoms with Crippen LogP contribution in [0.5, 0.6) is 0 Å². The first-order chi connectivity index (χ1) is 12.4. The second-order valence-electron chi connectivity index (χ2n) is 6.86. The molecule has 0 aromatic carbocycles. The molecule has 2 aromatic heterocycles. The molecule has 132 valence electrons. The van der Waals surface area contributed by atoms with Gasteiger partial charge in [0.1, 0.15) is 11.6 Å². The molecule has 0 amide bonds. The van der Waals surface area contributed by atoms with Gasteiger partial charge in [-0.25, -0.2) is 9.97 Å². The van der Waals surface area contributed by atoms with Crippen molar-refractivity contribution in [2.45, 2.75) is 38.6 Å². The molecule has 6 heteroatoms. The van der Waals surface area contributed by atoms with Crippen molar-refractivity contribution in [3.05, 3.63) is 36.2 Å². The lowest BCUT2D eigenvalue weighted by Gasteiger charge is -2.27. The van der Waals surface area contributed by atoms with E-state index < -0.39 is 0 Å². The number of aromatic nitrogens is 3. The van der Waals surface area contributed by atoms with Gasteiger partial charge >= 0.3 is 0 Å². The molecular formula is C19H26N6. The molecule has 0 saturated carbocycles. The first-order valence-electron chi connectivity index (χ1n) is 9.40. The van der Waals surface area contributed by atoms with Crippen LogP contribution in [0.25, 0.3) is 0 Å². The fraction of sp³-hybridized carbons (Fsp3) is 0.526. The van der Waals surface area contributed by atoms with Gasteiger partial charge in [-0.05, 0) is 55.9 Å². The summed E-state index contributed by atoms with van der Waals surface area (Å²) in [5.41, 5.74) is 1.21. The van der Waals surface area contributed by atoms with Crippen molar-refractivity contribution in [3.63, 3.8) is 0 Å². The van der Waals surface area contributed by atoms with Crippen LogP contribution in [0, 0.1) is 0 Å². The van der Waals surface area contributed by atoms with Crippen molar-refractivity contribution in [3.8, 4) is 0 Å². The first-order valence-corrected chi connectivity index (χ1v) is 9.40. The van der Waals surface area contributed by atoms with Gasteiger partial charge in [-0.1, -0.05) is 0 Å². The molecule has 0 bridgehead atoms. The zero-order valence-electron chi connectivity index (χ0n) is 14.7. The molecule has 1 N–H and O–H groups in total. The third-order valence-electron chi connectivity index (χ3n) is 5.01. The first kappa shape index (κ1) is 16.1. The Morgan fingerprint density at radius 2 is 1.48 bits per heavy atom. The highest BCUT2D eigenvalue weighted by Crippen LogP contribution is 2.20. The minimum atomic E-state index is 0.695. The van der Waals surface area contributed by atoms with Gasteiger partial charge in [0.15, 0.2) is 0 Å². The number of rotatable bonds is 5. The Bertz CT molecular complexity index is 692. The van der Waals surface area contributed by atoms with E-state index >= 15 is 0 Å². The van der Waals surface area contributed by atoms with E-state index in [4.69, 9.17) is 0 Å². The Labute approximate surface area is 149 Å². The van der Waals surface area contributed by atoms with Crippen LogP contribution in [-0.4, -0.2) is 41.1 Å².